The molecule has 0 atom stereocenters. The van der Waals surface area contributed by atoms with Crippen molar-refractivity contribution in [1.82, 2.24) is 4.90 Å². The minimum Gasteiger partial charge on any atom is -0.383 e. The topological polar surface area (TPSA) is 20.3 Å². The predicted octanol–water partition coefficient (Wildman–Crippen LogP) is 2.21. The van der Waals surface area contributed by atoms with Gasteiger partial charge in [-0.15, -0.1) is 0 Å². The maximum atomic E-state index is 11.9. The standard InChI is InChI=1S/C11H19NO/c1-11(2)7-5-6-9(10(11)13)8-12(3)4/h8H,5-7H2,1-4H3/b9-8+. The molecule has 0 amide bonds. The summed E-state index contributed by atoms with van der Waals surface area (Å²) in [5.41, 5.74) is 0.848. The molecule has 0 aliphatic heterocycles. The van der Waals surface area contributed by atoms with Gasteiger partial charge >= 0.3 is 0 Å². The van der Waals surface area contributed by atoms with E-state index >= 15 is 0 Å². The minimum atomic E-state index is -0.139. The van der Waals surface area contributed by atoms with E-state index in [0.717, 1.165) is 24.8 Å². The fourth-order valence-corrected chi connectivity index (χ4v) is 1.82. The van der Waals surface area contributed by atoms with E-state index in [4.69, 9.17) is 0 Å². The zero-order valence-corrected chi connectivity index (χ0v) is 9.05. The van der Waals surface area contributed by atoms with Crippen molar-refractivity contribution >= 4 is 5.78 Å². The van der Waals surface area contributed by atoms with Gasteiger partial charge in [0.1, 0.15) is 0 Å². The van der Waals surface area contributed by atoms with Crippen LogP contribution >= 0.6 is 0 Å². The van der Waals surface area contributed by atoms with Gasteiger partial charge in [-0.3, -0.25) is 4.79 Å². The quantitative estimate of drug-likeness (QED) is 0.578. The molecule has 0 aromatic rings. The predicted molar refractivity (Wildman–Crippen MR) is 54.4 cm³/mol. The van der Waals surface area contributed by atoms with Gasteiger partial charge in [-0.2, -0.15) is 0 Å². The Hall–Kier alpha value is -0.790. The van der Waals surface area contributed by atoms with E-state index in [1.54, 1.807) is 0 Å². The molecule has 0 radical (unpaired) electrons. The summed E-state index contributed by atoms with van der Waals surface area (Å²) in [4.78, 5) is 13.8. The van der Waals surface area contributed by atoms with Crippen LogP contribution in [-0.4, -0.2) is 24.8 Å². The van der Waals surface area contributed by atoms with Gasteiger partial charge in [0.25, 0.3) is 0 Å². The molecule has 1 aliphatic rings. The third kappa shape index (κ3) is 2.33. The first-order chi connectivity index (χ1) is 5.93. The molecule has 1 aliphatic carbocycles. The van der Waals surface area contributed by atoms with Crippen molar-refractivity contribution < 1.29 is 4.79 Å². The number of rotatable bonds is 1. The second kappa shape index (κ2) is 3.52. The Morgan fingerprint density at radius 1 is 1.38 bits per heavy atom. The zero-order valence-electron chi connectivity index (χ0n) is 9.05. The van der Waals surface area contributed by atoms with Gasteiger partial charge < -0.3 is 4.90 Å². The monoisotopic (exact) mass is 181 g/mol. The molecule has 0 aromatic heterocycles. The molecule has 2 heteroatoms. The molecular weight excluding hydrogens is 162 g/mol. The molecule has 0 bridgehead atoms. The lowest BCUT2D eigenvalue weighted by Gasteiger charge is -2.29. The van der Waals surface area contributed by atoms with Crippen LogP contribution in [0.5, 0.6) is 0 Å². The summed E-state index contributed by atoms with van der Waals surface area (Å²) < 4.78 is 0. The van der Waals surface area contributed by atoms with Crippen molar-refractivity contribution in [2.24, 2.45) is 5.41 Å². The number of allylic oxidation sites excluding steroid dienone is 1. The van der Waals surface area contributed by atoms with E-state index in [2.05, 4.69) is 0 Å². The number of Topliss-reactive ketones (excluding diaryl/α,β-unsaturated/α-hetero) is 1. The van der Waals surface area contributed by atoms with Crippen molar-refractivity contribution in [3.05, 3.63) is 11.8 Å². The van der Waals surface area contributed by atoms with Gasteiger partial charge in [0, 0.05) is 31.3 Å². The van der Waals surface area contributed by atoms with Crippen LogP contribution < -0.4 is 0 Å². The van der Waals surface area contributed by atoms with Gasteiger partial charge in [-0.1, -0.05) is 13.8 Å². The third-order valence-corrected chi connectivity index (χ3v) is 2.57. The summed E-state index contributed by atoms with van der Waals surface area (Å²) in [6.07, 6.45) is 5.07. The molecule has 1 saturated carbocycles. The number of ketones is 1. The number of carbonyl (C=O) groups excluding carboxylic acids is 1. The Morgan fingerprint density at radius 3 is 2.54 bits per heavy atom. The Labute approximate surface area is 80.6 Å². The lowest BCUT2D eigenvalue weighted by Crippen LogP contribution is -2.30. The first kappa shape index (κ1) is 10.3. The SMILES string of the molecule is CN(C)/C=C1\CCCC(C)(C)C1=O. The Morgan fingerprint density at radius 2 is 2.00 bits per heavy atom. The lowest BCUT2D eigenvalue weighted by atomic mass is 9.74. The molecule has 0 spiro atoms. The molecule has 0 aromatic carbocycles. The fraction of sp³-hybridized carbons (Fsp3) is 0.727. The van der Waals surface area contributed by atoms with E-state index in [-0.39, 0.29) is 5.41 Å². The molecule has 74 valence electrons. The number of hydrogen-bond donors (Lipinski definition) is 0. The third-order valence-electron chi connectivity index (χ3n) is 2.57. The first-order valence-electron chi connectivity index (χ1n) is 4.85. The first-order valence-corrected chi connectivity index (χ1v) is 4.85. The average molecular weight is 181 g/mol. The van der Waals surface area contributed by atoms with Crippen LogP contribution in [0.2, 0.25) is 0 Å². The highest BCUT2D eigenvalue weighted by molar-refractivity contribution is 5.99. The fourth-order valence-electron chi connectivity index (χ4n) is 1.82. The second-order valence-corrected chi connectivity index (χ2v) is 4.68. The van der Waals surface area contributed by atoms with Crippen LogP contribution in [0.3, 0.4) is 0 Å². The molecule has 13 heavy (non-hydrogen) atoms. The van der Waals surface area contributed by atoms with Crippen molar-refractivity contribution in [3.8, 4) is 0 Å². The summed E-state index contributed by atoms with van der Waals surface area (Å²) in [5, 5.41) is 0. The molecule has 0 saturated heterocycles. The minimum absolute atomic E-state index is 0.139. The Balaban J connectivity index is 2.83. The van der Waals surface area contributed by atoms with Crippen LogP contribution in [-0.2, 0) is 4.79 Å². The molecule has 0 heterocycles. The number of hydrogen-bond acceptors (Lipinski definition) is 2. The van der Waals surface area contributed by atoms with Gasteiger partial charge in [0.2, 0.25) is 0 Å². The Bertz CT molecular complexity index is 238. The molecule has 2 nitrogen and oxygen atoms in total. The molecule has 1 fully saturated rings. The summed E-state index contributed by atoms with van der Waals surface area (Å²) in [6, 6.07) is 0. The van der Waals surface area contributed by atoms with Crippen molar-refractivity contribution in [2.45, 2.75) is 33.1 Å². The van der Waals surface area contributed by atoms with E-state index in [1.165, 1.54) is 0 Å². The van der Waals surface area contributed by atoms with E-state index in [0.29, 0.717) is 5.78 Å². The Kier molecular flexibility index (Phi) is 2.79. The van der Waals surface area contributed by atoms with Gasteiger partial charge in [0.05, 0.1) is 0 Å². The van der Waals surface area contributed by atoms with Crippen LogP contribution in [0, 0.1) is 5.41 Å². The van der Waals surface area contributed by atoms with E-state index in [9.17, 15) is 4.79 Å². The largest absolute Gasteiger partial charge is 0.383 e. The highest BCUT2D eigenvalue weighted by atomic mass is 16.1. The summed E-state index contributed by atoms with van der Waals surface area (Å²) in [6.45, 7) is 4.08. The van der Waals surface area contributed by atoms with E-state index < -0.39 is 0 Å². The molecule has 1 rings (SSSR count). The average Bonchev–Trinajstić information content (AvgIpc) is 1.98. The van der Waals surface area contributed by atoms with Crippen LogP contribution in [0.4, 0.5) is 0 Å². The lowest BCUT2D eigenvalue weighted by molar-refractivity contribution is -0.125. The van der Waals surface area contributed by atoms with E-state index in [1.807, 2.05) is 39.0 Å². The molecule has 0 N–H and O–H groups in total. The zero-order chi connectivity index (χ0) is 10.1. The summed E-state index contributed by atoms with van der Waals surface area (Å²) in [7, 11) is 3.92. The van der Waals surface area contributed by atoms with Crippen LogP contribution in [0.15, 0.2) is 11.8 Å². The maximum Gasteiger partial charge on any atom is 0.165 e. The van der Waals surface area contributed by atoms with Crippen LogP contribution in [0.25, 0.3) is 0 Å². The van der Waals surface area contributed by atoms with Gasteiger partial charge in [-0.25, -0.2) is 0 Å². The van der Waals surface area contributed by atoms with Crippen molar-refractivity contribution in [3.63, 3.8) is 0 Å². The normalized spacial score (nSPS) is 24.9. The highest BCUT2D eigenvalue weighted by Crippen LogP contribution is 2.34. The molecular formula is C11H19NO. The maximum absolute atomic E-state index is 11.9. The second-order valence-electron chi connectivity index (χ2n) is 4.68. The number of carbonyl (C=O) groups is 1. The highest BCUT2D eigenvalue weighted by Gasteiger charge is 2.33. The smallest absolute Gasteiger partial charge is 0.165 e. The molecule has 0 unspecified atom stereocenters. The van der Waals surface area contributed by atoms with Gasteiger partial charge in [0.15, 0.2) is 5.78 Å². The number of nitrogens with zero attached hydrogens (tertiary/aromatic N) is 1. The van der Waals surface area contributed by atoms with Gasteiger partial charge in [-0.05, 0) is 19.3 Å². The van der Waals surface area contributed by atoms with Crippen molar-refractivity contribution in [1.29, 1.82) is 0 Å². The van der Waals surface area contributed by atoms with Crippen molar-refractivity contribution in [2.75, 3.05) is 14.1 Å². The summed E-state index contributed by atoms with van der Waals surface area (Å²) >= 11 is 0. The summed E-state index contributed by atoms with van der Waals surface area (Å²) in [5.74, 6) is 0.326. The van der Waals surface area contributed by atoms with Crippen LogP contribution in [0.1, 0.15) is 33.1 Å².